The number of rotatable bonds is 3. The molecule has 2 N–H and O–H groups in total. The number of likely N-dealkylation sites (N-methyl/N-ethyl adjacent to an activating group) is 1. The molecule has 2 nitrogen and oxygen atoms in total. The highest BCUT2D eigenvalue weighted by Gasteiger charge is 2.39. The van der Waals surface area contributed by atoms with Crippen LogP contribution in [0.5, 0.6) is 0 Å². The van der Waals surface area contributed by atoms with Gasteiger partial charge in [-0.25, -0.2) is 0 Å². The maximum absolute atomic E-state index is 6.65. The molecule has 1 saturated carbocycles. The fraction of sp³-hybridized carbons (Fsp3) is 0.733. The van der Waals surface area contributed by atoms with E-state index in [-0.39, 0.29) is 11.6 Å². The normalized spacial score (nSPS) is 21.8. The van der Waals surface area contributed by atoms with E-state index in [4.69, 9.17) is 5.73 Å². The summed E-state index contributed by atoms with van der Waals surface area (Å²) in [6.07, 6.45) is 7.83. The first-order chi connectivity index (χ1) is 8.56. The third kappa shape index (κ3) is 2.63. The molecule has 1 atom stereocenters. The zero-order chi connectivity index (χ0) is 13.2. The number of hydrogen-bond donors (Lipinski definition) is 1. The maximum Gasteiger partial charge on any atom is 0.0490 e. The first-order valence-electron chi connectivity index (χ1n) is 7.04. The van der Waals surface area contributed by atoms with Crippen molar-refractivity contribution in [2.75, 3.05) is 14.1 Å². The molecule has 0 radical (unpaired) electrons. The zero-order valence-corrected chi connectivity index (χ0v) is 12.7. The van der Waals surface area contributed by atoms with Gasteiger partial charge in [0.05, 0.1) is 0 Å². The van der Waals surface area contributed by atoms with Gasteiger partial charge in [-0.3, -0.25) is 0 Å². The Hall–Kier alpha value is -0.380. The van der Waals surface area contributed by atoms with Gasteiger partial charge < -0.3 is 10.6 Å². The second kappa shape index (κ2) is 5.72. The monoisotopic (exact) mass is 266 g/mol. The van der Waals surface area contributed by atoms with Crippen molar-refractivity contribution in [3.05, 3.63) is 21.9 Å². The van der Waals surface area contributed by atoms with Crippen LogP contribution in [-0.4, -0.2) is 24.5 Å². The lowest BCUT2D eigenvalue weighted by molar-refractivity contribution is 0.0970. The minimum Gasteiger partial charge on any atom is -0.322 e. The third-order valence-electron chi connectivity index (χ3n) is 4.55. The number of aryl methyl sites for hydroxylation is 1. The van der Waals surface area contributed by atoms with Crippen molar-refractivity contribution >= 4 is 11.3 Å². The molecule has 3 heteroatoms. The molecule has 2 rings (SSSR count). The molecular weight excluding hydrogens is 240 g/mol. The minimum atomic E-state index is 0.149. The van der Waals surface area contributed by atoms with Gasteiger partial charge in [0.15, 0.2) is 0 Å². The van der Waals surface area contributed by atoms with E-state index in [1.807, 2.05) is 11.3 Å². The van der Waals surface area contributed by atoms with E-state index in [1.165, 1.54) is 49.0 Å². The third-order valence-corrected chi connectivity index (χ3v) is 5.43. The topological polar surface area (TPSA) is 29.3 Å². The number of hydrogen-bond acceptors (Lipinski definition) is 3. The molecule has 0 spiro atoms. The van der Waals surface area contributed by atoms with Crippen LogP contribution in [0.2, 0.25) is 0 Å². The van der Waals surface area contributed by atoms with Gasteiger partial charge in [-0.1, -0.05) is 25.7 Å². The fourth-order valence-corrected chi connectivity index (χ4v) is 4.05. The predicted octanol–water partition coefficient (Wildman–Crippen LogP) is 3.71. The van der Waals surface area contributed by atoms with E-state index in [1.54, 1.807) is 0 Å². The summed E-state index contributed by atoms with van der Waals surface area (Å²) in [5.74, 6) is 0. The van der Waals surface area contributed by atoms with Crippen molar-refractivity contribution in [2.45, 2.75) is 57.0 Å². The molecule has 0 saturated heterocycles. The van der Waals surface area contributed by atoms with E-state index >= 15 is 0 Å². The first kappa shape index (κ1) is 14.0. The van der Waals surface area contributed by atoms with Crippen molar-refractivity contribution in [3.8, 4) is 0 Å². The van der Waals surface area contributed by atoms with Gasteiger partial charge in [0.1, 0.15) is 0 Å². The predicted molar refractivity (Wildman–Crippen MR) is 80.1 cm³/mol. The second-order valence-electron chi connectivity index (χ2n) is 5.88. The van der Waals surface area contributed by atoms with Crippen LogP contribution in [0.4, 0.5) is 0 Å². The molecule has 1 aromatic rings. The molecule has 1 aromatic heterocycles. The molecule has 1 heterocycles. The minimum absolute atomic E-state index is 0.149. The van der Waals surface area contributed by atoms with Crippen molar-refractivity contribution in [2.24, 2.45) is 5.73 Å². The van der Waals surface area contributed by atoms with Gasteiger partial charge in [-0.15, -0.1) is 11.3 Å². The van der Waals surface area contributed by atoms with Crippen LogP contribution in [0.1, 0.15) is 55.0 Å². The molecule has 0 aliphatic heterocycles. The summed E-state index contributed by atoms with van der Waals surface area (Å²) < 4.78 is 0. The Morgan fingerprint density at radius 1 is 1.22 bits per heavy atom. The number of nitrogens with zero attached hydrogens (tertiary/aromatic N) is 1. The summed E-state index contributed by atoms with van der Waals surface area (Å²) in [5.41, 5.74) is 8.14. The molecule has 1 aliphatic carbocycles. The van der Waals surface area contributed by atoms with Crippen LogP contribution in [0.15, 0.2) is 11.4 Å². The van der Waals surface area contributed by atoms with Crippen LogP contribution < -0.4 is 5.73 Å². The average Bonchev–Trinajstić information content (AvgIpc) is 2.63. The standard InChI is InChI=1S/C15H26N2S/c1-12-10-13(11-18-12)14(16)15(17(2)3)8-6-4-5-7-9-15/h10-11,14H,4-9,16H2,1-3H3. The Morgan fingerprint density at radius 2 is 1.83 bits per heavy atom. The smallest absolute Gasteiger partial charge is 0.0490 e. The Bertz CT molecular complexity index is 376. The quantitative estimate of drug-likeness (QED) is 0.845. The molecule has 1 aliphatic rings. The van der Waals surface area contributed by atoms with E-state index < -0.39 is 0 Å². The summed E-state index contributed by atoms with van der Waals surface area (Å²) in [4.78, 5) is 3.75. The van der Waals surface area contributed by atoms with Crippen LogP contribution in [-0.2, 0) is 0 Å². The molecule has 0 bridgehead atoms. The summed E-state index contributed by atoms with van der Waals surface area (Å²) >= 11 is 1.81. The van der Waals surface area contributed by atoms with Gasteiger partial charge >= 0.3 is 0 Å². The zero-order valence-electron chi connectivity index (χ0n) is 11.9. The summed E-state index contributed by atoms with van der Waals surface area (Å²) in [5, 5.41) is 2.25. The lowest BCUT2D eigenvalue weighted by Crippen LogP contribution is -2.52. The van der Waals surface area contributed by atoms with E-state index in [0.717, 1.165) is 0 Å². The average molecular weight is 266 g/mol. The highest BCUT2D eigenvalue weighted by molar-refractivity contribution is 7.10. The van der Waals surface area contributed by atoms with Gasteiger partial charge in [0.2, 0.25) is 0 Å². The Kier molecular flexibility index (Phi) is 4.46. The molecule has 1 fully saturated rings. The maximum atomic E-state index is 6.65. The van der Waals surface area contributed by atoms with Crippen LogP contribution >= 0.6 is 11.3 Å². The number of nitrogens with two attached hydrogens (primary N) is 1. The van der Waals surface area contributed by atoms with Gasteiger partial charge in [0.25, 0.3) is 0 Å². The molecular formula is C15H26N2S. The van der Waals surface area contributed by atoms with Gasteiger partial charge in [0, 0.05) is 16.5 Å². The Labute approximate surface area is 115 Å². The molecule has 102 valence electrons. The molecule has 18 heavy (non-hydrogen) atoms. The van der Waals surface area contributed by atoms with Crippen LogP contribution in [0.25, 0.3) is 0 Å². The van der Waals surface area contributed by atoms with Gasteiger partial charge in [-0.2, -0.15) is 0 Å². The van der Waals surface area contributed by atoms with Crippen molar-refractivity contribution in [1.29, 1.82) is 0 Å². The number of thiophene rings is 1. The highest BCUT2D eigenvalue weighted by Crippen LogP contribution is 2.40. The lowest BCUT2D eigenvalue weighted by atomic mass is 9.79. The Balaban J connectivity index is 2.28. The van der Waals surface area contributed by atoms with Crippen molar-refractivity contribution < 1.29 is 0 Å². The second-order valence-corrected chi connectivity index (χ2v) is 7.00. The Morgan fingerprint density at radius 3 is 2.28 bits per heavy atom. The van der Waals surface area contributed by atoms with E-state index in [2.05, 4.69) is 37.4 Å². The SMILES string of the molecule is Cc1cc(C(N)C2(N(C)C)CCCCCC2)cs1. The summed E-state index contributed by atoms with van der Waals surface area (Å²) in [6, 6.07) is 2.42. The fourth-order valence-electron chi connectivity index (χ4n) is 3.31. The van der Waals surface area contributed by atoms with Crippen molar-refractivity contribution in [1.82, 2.24) is 4.90 Å². The van der Waals surface area contributed by atoms with Gasteiger partial charge in [-0.05, 0) is 50.9 Å². The summed E-state index contributed by atoms with van der Waals surface area (Å²) in [7, 11) is 4.40. The van der Waals surface area contributed by atoms with E-state index in [9.17, 15) is 0 Å². The summed E-state index contributed by atoms with van der Waals surface area (Å²) in [6.45, 7) is 2.16. The molecule has 0 amide bonds. The van der Waals surface area contributed by atoms with Crippen LogP contribution in [0, 0.1) is 6.92 Å². The van der Waals surface area contributed by atoms with Crippen LogP contribution in [0.3, 0.4) is 0 Å². The largest absolute Gasteiger partial charge is 0.322 e. The lowest BCUT2D eigenvalue weighted by Gasteiger charge is -2.44. The molecule has 1 unspecified atom stereocenters. The van der Waals surface area contributed by atoms with Crippen molar-refractivity contribution in [3.63, 3.8) is 0 Å². The molecule has 0 aromatic carbocycles. The first-order valence-corrected chi connectivity index (χ1v) is 7.92. The van der Waals surface area contributed by atoms with E-state index in [0.29, 0.717) is 0 Å². The highest BCUT2D eigenvalue weighted by atomic mass is 32.1.